The number of benzene rings is 1. The van der Waals surface area contributed by atoms with E-state index in [1.807, 2.05) is 6.92 Å². The molecule has 0 bridgehead atoms. The Labute approximate surface area is 289 Å². The first-order valence-electron chi connectivity index (χ1n) is 16.4. The van der Waals surface area contributed by atoms with Crippen LogP contribution in [-0.4, -0.2) is 76.3 Å². The van der Waals surface area contributed by atoms with Crippen molar-refractivity contribution in [1.29, 1.82) is 0 Å². The molecule has 47 heavy (non-hydrogen) atoms. The highest BCUT2D eigenvalue weighted by molar-refractivity contribution is 8.59. The number of hydrogen-bond acceptors (Lipinski definition) is 9. The molecule has 270 valence electrons. The van der Waals surface area contributed by atoms with Gasteiger partial charge in [0, 0.05) is 29.1 Å². The van der Waals surface area contributed by atoms with E-state index in [-0.39, 0.29) is 24.3 Å². The molecule has 1 saturated heterocycles. The van der Waals surface area contributed by atoms with Gasteiger partial charge in [0.2, 0.25) is 6.41 Å². The smallest absolute Gasteiger partial charge is 0.250 e. The maximum Gasteiger partial charge on any atom is 0.250 e. The molecule has 4 rings (SSSR count). The van der Waals surface area contributed by atoms with Gasteiger partial charge in [0.25, 0.3) is 6.43 Å². The van der Waals surface area contributed by atoms with Crippen LogP contribution < -0.4 is 16.4 Å². The number of carbonyl (C=O) groups excluding carboxylic acids is 3. The van der Waals surface area contributed by atoms with Gasteiger partial charge in [0.1, 0.15) is 18.5 Å². The molecular weight excluding hydrogens is 650 g/mol. The quantitative estimate of drug-likeness (QED) is 0.0826. The molecule has 4 unspecified atom stereocenters. The lowest BCUT2D eigenvalue weighted by atomic mass is 9.77. The van der Waals surface area contributed by atoms with Crippen LogP contribution in [0.25, 0.3) is 11.0 Å². The normalized spacial score (nSPS) is 19.0. The molecule has 1 saturated carbocycles. The Kier molecular flexibility index (Phi) is 26.6. The molecule has 8 nitrogen and oxygen atoms in total. The van der Waals surface area contributed by atoms with E-state index in [0.717, 1.165) is 48.8 Å². The minimum Gasteiger partial charge on any atom is -0.453 e. The van der Waals surface area contributed by atoms with Crippen LogP contribution in [0.4, 0.5) is 18.9 Å². The predicted molar refractivity (Wildman–Crippen MR) is 194 cm³/mol. The summed E-state index contributed by atoms with van der Waals surface area (Å²) in [6.07, 6.45) is 12.2. The lowest BCUT2D eigenvalue weighted by Crippen LogP contribution is -2.30. The van der Waals surface area contributed by atoms with Gasteiger partial charge >= 0.3 is 0 Å². The summed E-state index contributed by atoms with van der Waals surface area (Å²) in [6.45, 7) is 5.07. The Morgan fingerprint density at radius 2 is 1.77 bits per heavy atom. The Bertz CT molecular complexity index is 1090. The van der Waals surface area contributed by atoms with Crippen molar-refractivity contribution in [3.05, 3.63) is 30.0 Å². The SMILES string of the molecule is CC1C(C2CCCCC2)CCN1C.CCC(C=O)CCCC(N)CF.CNCC(F)F.O=CNc1ccc2oc(C=O)cc2c1.SS. The lowest BCUT2D eigenvalue weighted by molar-refractivity contribution is -0.111. The highest BCUT2D eigenvalue weighted by Crippen LogP contribution is 2.37. The number of alkyl halides is 3. The Balaban J connectivity index is 0.000000609. The molecule has 2 aliphatic rings. The summed E-state index contributed by atoms with van der Waals surface area (Å²) in [5, 5.41) is 5.62. The fourth-order valence-corrected chi connectivity index (χ4v) is 5.84. The molecule has 13 heteroatoms. The largest absolute Gasteiger partial charge is 0.453 e. The van der Waals surface area contributed by atoms with Gasteiger partial charge in [-0.25, -0.2) is 13.2 Å². The minimum atomic E-state index is -2.21. The Morgan fingerprint density at radius 3 is 2.23 bits per heavy atom. The number of hydrogen-bond donors (Lipinski definition) is 5. The second-order valence-electron chi connectivity index (χ2n) is 12.0. The van der Waals surface area contributed by atoms with Crippen LogP contribution in [0.1, 0.15) is 88.6 Å². The number of amides is 1. The molecule has 2 aromatic rings. The van der Waals surface area contributed by atoms with Crippen molar-refractivity contribution in [3.63, 3.8) is 0 Å². The van der Waals surface area contributed by atoms with Crippen molar-refractivity contribution in [2.24, 2.45) is 23.5 Å². The number of anilines is 1. The van der Waals surface area contributed by atoms with Crippen LogP contribution in [0.3, 0.4) is 0 Å². The molecule has 1 aliphatic heterocycles. The molecule has 0 radical (unpaired) electrons. The number of carbonyl (C=O) groups is 3. The van der Waals surface area contributed by atoms with Crippen molar-refractivity contribution < 1.29 is 32.0 Å². The number of furan rings is 1. The molecule has 1 aromatic carbocycles. The first-order chi connectivity index (χ1) is 22.6. The third-order valence-corrected chi connectivity index (χ3v) is 8.69. The summed E-state index contributed by atoms with van der Waals surface area (Å²) in [5.74, 6) is 2.50. The molecule has 1 aliphatic carbocycles. The molecule has 1 amide bonds. The van der Waals surface area contributed by atoms with Gasteiger partial charge in [-0.1, -0.05) is 45.4 Å². The number of halogens is 3. The van der Waals surface area contributed by atoms with Gasteiger partial charge < -0.3 is 30.5 Å². The number of aldehydes is 2. The van der Waals surface area contributed by atoms with E-state index in [4.69, 9.17) is 10.2 Å². The van der Waals surface area contributed by atoms with Crippen LogP contribution >= 0.6 is 23.3 Å². The van der Waals surface area contributed by atoms with E-state index in [0.29, 0.717) is 30.4 Å². The second-order valence-corrected chi connectivity index (χ2v) is 12.0. The van der Waals surface area contributed by atoms with Crippen molar-refractivity contribution >= 4 is 59.0 Å². The van der Waals surface area contributed by atoms with Crippen molar-refractivity contribution in [2.75, 3.05) is 39.2 Å². The van der Waals surface area contributed by atoms with Gasteiger partial charge in [0.05, 0.1) is 6.54 Å². The molecule has 4 atom stereocenters. The Morgan fingerprint density at radius 1 is 1.09 bits per heavy atom. The fourth-order valence-electron chi connectivity index (χ4n) is 5.84. The van der Waals surface area contributed by atoms with E-state index in [9.17, 15) is 27.6 Å². The number of nitrogens with two attached hydrogens (primary N) is 1. The second kappa shape index (κ2) is 27.8. The molecular formula is C34H57F3N4O4S2. The maximum atomic E-state index is 11.9. The van der Waals surface area contributed by atoms with Gasteiger partial charge in [-0.2, -0.15) is 0 Å². The van der Waals surface area contributed by atoms with Crippen molar-refractivity contribution in [3.8, 4) is 0 Å². The van der Waals surface area contributed by atoms with E-state index in [2.05, 4.69) is 52.8 Å². The van der Waals surface area contributed by atoms with E-state index in [1.165, 1.54) is 52.1 Å². The van der Waals surface area contributed by atoms with Crippen LogP contribution in [0.15, 0.2) is 28.7 Å². The molecule has 4 N–H and O–H groups in total. The molecule has 2 fully saturated rings. The highest BCUT2D eigenvalue weighted by atomic mass is 33.1. The summed E-state index contributed by atoms with van der Waals surface area (Å²) < 4.78 is 39.0. The van der Waals surface area contributed by atoms with E-state index in [1.54, 1.807) is 24.3 Å². The zero-order valence-electron chi connectivity index (χ0n) is 28.4. The number of nitrogens with zero attached hydrogens (tertiary/aromatic N) is 1. The molecule has 2 heterocycles. The van der Waals surface area contributed by atoms with Gasteiger partial charge in [0.15, 0.2) is 12.0 Å². The molecule has 0 spiro atoms. The van der Waals surface area contributed by atoms with Crippen LogP contribution in [0.5, 0.6) is 0 Å². The lowest BCUT2D eigenvalue weighted by Gasteiger charge is -2.31. The number of rotatable bonds is 13. The van der Waals surface area contributed by atoms with Gasteiger partial charge in [-0.15, -0.1) is 23.3 Å². The maximum absolute atomic E-state index is 11.9. The number of fused-ring (bicyclic) bond motifs is 1. The third-order valence-electron chi connectivity index (χ3n) is 8.69. The fraction of sp³-hybridized carbons (Fsp3) is 0.676. The summed E-state index contributed by atoms with van der Waals surface area (Å²) in [5.41, 5.74) is 6.68. The number of likely N-dealkylation sites (tertiary alicyclic amines) is 1. The zero-order chi connectivity index (χ0) is 35.6. The minimum absolute atomic E-state index is 0.136. The van der Waals surface area contributed by atoms with E-state index < -0.39 is 13.1 Å². The van der Waals surface area contributed by atoms with Crippen LogP contribution in [0.2, 0.25) is 0 Å². The third kappa shape index (κ3) is 18.9. The Hall–Kier alpha value is -2.06. The summed E-state index contributed by atoms with van der Waals surface area (Å²) in [4.78, 5) is 33.5. The summed E-state index contributed by atoms with van der Waals surface area (Å²) in [6, 6.07) is 7.28. The summed E-state index contributed by atoms with van der Waals surface area (Å²) >= 11 is 6.44. The molecule has 1 aromatic heterocycles. The average Bonchev–Trinajstić information content (AvgIpc) is 3.67. The van der Waals surface area contributed by atoms with Gasteiger partial charge in [-0.3, -0.25) is 9.59 Å². The zero-order valence-corrected chi connectivity index (χ0v) is 30.2. The number of thiol groups is 2. The monoisotopic (exact) mass is 706 g/mol. The topological polar surface area (TPSA) is 118 Å². The first kappa shape index (κ1) is 44.9. The number of nitrogens with one attached hydrogen (secondary N) is 2. The summed E-state index contributed by atoms with van der Waals surface area (Å²) in [7, 11) is 3.78. The first-order valence-corrected chi connectivity index (χ1v) is 18.0. The van der Waals surface area contributed by atoms with Gasteiger partial charge in [-0.05, 0) is 89.3 Å². The average molecular weight is 707 g/mol. The highest BCUT2D eigenvalue weighted by Gasteiger charge is 2.34. The predicted octanol–water partition coefficient (Wildman–Crippen LogP) is 7.63. The van der Waals surface area contributed by atoms with Crippen LogP contribution in [-0.2, 0) is 9.59 Å². The standard InChI is InChI=1S/C12H23N.C10H7NO3.C9H18FNO.C3H7F2N.H2S2/c1-10-12(8-9-13(10)2)11-6-4-3-5-7-11;12-5-9-4-7-3-8(11-6-13)1-2-10(7)14-9;1-2-8(7-12)4-3-5-9(11)6-10;1-6-2-3(4)5;1-2/h10-12H,3-9H2,1-2H3;1-6H,(H,11,13);7-9H,2-6,11H2,1H3;3,6H,2H2,1H3;1-2H. The van der Waals surface area contributed by atoms with E-state index >= 15 is 0 Å². The van der Waals surface area contributed by atoms with Crippen LogP contribution in [0, 0.1) is 17.8 Å². The van der Waals surface area contributed by atoms with Crippen molar-refractivity contribution in [2.45, 2.75) is 96.6 Å². The van der Waals surface area contributed by atoms with Crippen molar-refractivity contribution in [1.82, 2.24) is 10.2 Å².